The molecule has 0 radical (unpaired) electrons. The molecule has 2 aromatic rings. The summed E-state index contributed by atoms with van der Waals surface area (Å²) in [6.45, 7) is 0. The molecule has 0 fully saturated rings. The van der Waals surface area contributed by atoms with Crippen LogP contribution in [0, 0.1) is 0 Å². The first-order valence-electron chi connectivity index (χ1n) is 5.22. The van der Waals surface area contributed by atoms with Crippen LogP contribution < -0.4 is 0 Å². The second kappa shape index (κ2) is 6.02. The van der Waals surface area contributed by atoms with Crippen molar-refractivity contribution in [2.45, 2.75) is 10.6 Å². The van der Waals surface area contributed by atoms with E-state index in [1.807, 2.05) is 24.3 Å². The first kappa shape index (κ1) is 13.1. The lowest BCUT2D eigenvalue weighted by Gasteiger charge is -2.02. The van der Waals surface area contributed by atoms with E-state index in [0.717, 1.165) is 20.8 Å². The van der Waals surface area contributed by atoms with Gasteiger partial charge in [-0.15, -0.1) is 11.8 Å². The maximum absolute atomic E-state index is 10.7. The van der Waals surface area contributed by atoms with Gasteiger partial charge in [0.1, 0.15) is 0 Å². The largest absolute Gasteiger partial charge is 0.478 e. The van der Waals surface area contributed by atoms with Gasteiger partial charge in [-0.1, -0.05) is 15.9 Å². The number of benzene rings is 1. The molecule has 0 atom stereocenters. The summed E-state index contributed by atoms with van der Waals surface area (Å²) < 4.78 is 1.05. The molecule has 0 unspecified atom stereocenters. The number of carbonyl (C=O) groups is 1. The van der Waals surface area contributed by atoms with Crippen LogP contribution in [0.5, 0.6) is 0 Å². The lowest BCUT2D eigenvalue weighted by Crippen LogP contribution is -1.97. The number of thioether (sulfide) groups is 1. The van der Waals surface area contributed by atoms with Crippen molar-refractivity contribution in [3.8, 4) is 0 Å². The number of aromatic carboxylic acids is 1. The first-order chi connectivity index (χ1) is 8.65. The summed E-state index contributed by atoms with van der Waals surface area (Å²) >= 11 is 5.05. The van der Waals surface area contributed by atoms with Crippen LogP contribution in [0.1, 0.15) is 16.1 Å². The van der Waals surface area contributed by atoms with Crippen LogP contribution in [0.2, 0.25) is 0 Å². The minimum Gasteiger partial charge on any atom is -0.478 e. The summed E-state index contributed by atoms with van der Waals surface area (Å²) in [4.78, 5) is 16.0. The maximum atomic E-state index is 10.7. The predicted octanol–water partition coefficient (Wildman–Crippen LogP) is 3.83. The van der Waals surface area contributed by atoms with Crippen LogP contribution in [0.25, 0.3) is 0 Å². The monoisotopic (exact) mass is 323 g/mol. The Hall–Kier alpha value is -1.33. The smallest absolute Gasteiger partial charge is 0.337 e. The van der Waals surface area contributed by atoms with Gasteiger partial charge in [0.15, 0.2) is 0 Å². The molecule has 1 aromatic heterocycles. The lowest BCUT2D eigenvalue weighted by atomic mass is 10.2. The van der Waals surface area contributed by atoms with Gasteiger partial charge in [-0.3, -0.25) is 4.98 Å². The van der Waals surface area contributed by atoms with Gasteiger partial charge in [0.2, 0.25) is 0 Å². The van der Waals surface area contributed by atoms with E-state index in [1.165, 1.54) is 6.20 Å². The molecule has 18 heavy (non-hydrogen) atoms. The SMILES string of the molecule is O=C(O)c1ccc(CSc2ccc(Br)cc2)nc1. The number of hydrogen-bond donors (Lipinski definition) is 1. The molecule has 5 heteroatoms. The van der Waals surface area contributed by atoms with E-state index in [2.05, 4.69) is 20.9 Å². The van der Waals surface area contributed by atoms with E-state index in [4.69, 9.17) is 5.11 Å². The molecule has 0 aliphatic carbocycles. The van der Waals surface area contributed by atoms with Gasteiger partial charge in [0.25, 0.3) is 0 Å². The normalized spacial score (nSPS) is 10.3. The van der Waals surface area contributed by atoms with Crippen molar-refractivity contribution >= 4 is 33.7 Å². The van der Waals surface area contributed by atoms with Gasteiger partial charge in [-0.05, 0) is 36.4 Å². The molecule has 0 amide bonds. The number of nitrogens with zero attached hydrogens (tertiary/aromatic N) is 1. The molecule has 0 aliphatic heterocycles. The Morgan fingerprint density at radius 2 is 1.94 bits per heavy atom. The van der Waals surface area contributed by atoms with E-state index in [1.54, 1.807) is 23.9 Å². The Labute approximate surface area is 117 Å². The fourth-order valence-electron chi connectivity index (χ4n) is 1.32. The van der Waals surface area contributed by atoms with E-state index in [9.17, 15) is 4.79 Å². The highest BCUT2D eigenvalue weighted by atomic mass is 79.9. The third-order valence-electron chi connectivity index (χ3n) is 2.27. The van der Waals surface area contributed by atoms with Crippen molar-refractivity contribution in [1.82, 2.24) is 4.98 Å². The van der Waals surface area contributed by atoms with Gasteiger partial charge in [0.05, 0.1) is 11.3 Å². The fourth-order valence-corrected chi connectivity index (χ4v) is 2.40. The van der Waals surface area contributed by atoms with Crippen LogP contribution in [0.3, 0.4) is 0 Å². The molecule has 0 aliphatic rings. The second-order valence-corrected chi connectivity index (χ2v) is 5.55. The Kier molecular flexibility index (Phi) is 4.38. The number of halogens is 1. The summed E-state index contributed by atoms with van der Waals surface area (Å²) in [5.41, 5.74) is 1.08. The average Bonchev–Trinajstić information content (AvgIpc) is 2.38. The first-order valence-corrected chi connectivity index (χ1v) is 6.99. The Bertz CT molecular complexity index is 540. The van der Waals surface area contributed by atoms with Gasteiger partial charge < -0.3 is 5.11 Å². The molecule has 0 spiro atoms. The molecule has 0 bridgehead atoms. The van der Waals surface area contributed by atoms with E-state index in [-0.39, 0.29) is 5.56 Å². The summed E-state index contributed by atoms with van der Waals surface area (Å²) in [7, 11) is 0. The third-order valence-corrected chi connectivity index (χ3v) is 3.85. The quantitative estimate of drug-likeness (QED) is 0.868. The molecule has 0 saturated carbocycles. The fraction of sp³-hybridized carbons (Fsp3) is 0.0769. The van der Waals surface area contributed by atoms with Crippen LogP contribution in [0.15, 0.2) is 52.0 Å². The summed E-state index contributed by atoms with van der Waals surface area (Å²) in [6.07, 6.45) is 1.39. The molecule has 0 saturated heterocycles. The van der Waals surface area contributed by atoms with Crippen LogP contribution in [-0.2, 0) is 5.75 Å². The van der Waals surface area contributed by atoms with Crippen molar-refractivity contribution in [2.75, 3.05) is 0 Å². The molecule has 1 aromatic carbocycles. The van der Waals surface area contributed by atoms with Crippen molar-refractivity contribution in [2.24, 2.45) is 0 Å². The number of carboxylic acid groups (broad SMARTS) is 1. The van der Waals surface area contributed by atoms with Crippen molar-refractivity contribution in [1.29, 1.82) is 0 Å². The maximum Gasteiger partial charge on any atom is 0.337 e. The average molecular weight is 324 g/mol. The molecular weight excluding hydrogens is 314 g/mol. The van der Waals surface area contributed by atoms with Gasteiger partial charge in [-0.25, -0.2) is 4.79 Å². The third kappa shape index (κ3) is 3.58. The number of carboxylic acids is 1. The zero-order valence-electron chi connectivity index (χ0n) is 9.34. The van der Waals surface area contributed by atoms with E-state index >= 15 is 0 Å². The van der Waals surface area contributed by atoms with Crippen LogP contribution in [-0.4, -0.2) is 16.1 Å². The predicted molar refractivity (Wildman–Crippen MR) is 74.9 cm³/mol. The minimum atomic E-state index is -0.949. The van der Waals surface area contributed by atoms with Crippen molar-refractivity contribution in [3.63, 3.8) is 0 Å². The molecule has 92 valence electrons. The van der Waals surface area contributed by atoms with Crippen LogP contribution in [0.4, 0.5) is 0 Å². The Morgan fingerprint density at radius 1 is 1.22 bits per heavy atom. The van der Waals surface area contributed by atoms with Crippen molar-refractivity contribution < 1.29 is 9.90 Å². The van der Waals surface area contributed by atoms with Gasteiger partial charge >= 0.3 is 5.97 Å². The lowest BCUT2D eigenvalue weighted by molar-refractivity contribution is 0.0696. The molecule has 2 rings (SSSR count). The minimum absolute atomic E-state index is 0.215. The topological polar surface area (TPSA) is 50.2 Å². The second-order valence-electron chi connectivity index (χ2n) is 3.59. The van der Waals surface area contributed by atoms with E-state index in [0.29, 0.717) is 0 Å². The highest BCUT2D eigenvalue weighted by Gasteiger charge is 2.03. The number of pyridine rings is 1. The zero-order valence-corrected chi connectivity index (χ0v) is 11.7. The number of aromatic nitrogens is 1. The highest BCUT2D eigenvalue weighted by Crippen LogP contribution is 2.23. The van der Waals surface area contributed by atoms with Gasteiger partial charge in [-0.2, -0.15) is 0 Å². The summed E-state index contributed by atoms with van der Waals surface area (Å²) in [6, 6.07) is 11.4. The standard InChI is InChI=1S/C13H10BrNO2S/c14-10-2-5-12(6-3-10)18-8-11-4-1-9(7-15-11)13(16)17/h1-7H,8H2,(H,16,17). The van der Waals surface area contributed by atoms with Gasteiger partial charge in [0, 0.05) is 21.3 Å². The molecular formula is C13H10BrNO2S. The summed E-state index contributed by atoms with van der Waals surface area (Å²) in [5.74, 6) is -0.226. The Balaban J connectivity index is 1.97. The highest BCUT2D eigenvalue weighted by molar-refractivity contribution is 9.10. The molecule has 1 heterocycles. The molecule has 3 nitrogen and oxygen atoms in total. The zero-order chi connectivity index (χ0) is 13.0. The number of rotatable bonds is 4. The van der Waals surface area contributed by atoms with E-state index < -0.39 is 5.97 Å². The van der Waals surface area contributed by atoms with Crippen LogP contribution >= 0.6 is 27.7 Å². The number of hydrogen-bond acceptors (Lipinski definition) is 3. The Morgan fingerprint density at radius 3 is 2.50 bits per heavy atom. The molecule has 1 N–H and O–H groups in total. The van der Waals surface area contributed by atoms with Crippen molar-refractivity contribution in [3.05, 3.63) is 58.3 Å². The summed E-state index contributed by atoms with van der Waals surface area (Å²) in [5, 5.41) is 8.76.